The Bertz CT molecular complexity index is 1070. The minimum atomic E-state index is -0.833. The fourth-order valence-corrected chi connectivity index (χ4v) is 3.23. The average Bonchev–Trinajstić information content (AvgIpc) is 2.76. The van der Waals surface area contributed by atoms with Crippen molar-refractivity contribution in [3.05, 3.63) is 89.5 Å². The predicted molar refractivity (Wildman–Crippen MR) is 108 cm³/mol. The highest BCUT2D eigenvalue weighted by Gasteiger charge is 2.36. The molecule has 146 valence electrons. The summed E-state index contributed by atoms with van der Waals surface area (Å²) in [5.74, 6) is -0.349. The second-order valence-electron chi connectivity index (χ2n) is 6.50. The first-order valence-electron chi connectivity index (χ1n) is 9.00. The zero-order valence-electron chi connectivity index (χ0n) is 15.6. The molecule has 2 amide bonds. The maximum absolute atomic E-state index is 13.2. The van der Waals surface area contributed by atoms with Gasteiger partial charge >= 0.3 is 0 Å². The fourth-order valence-electron chi connectivity index (χ4n) is 3.23. The van der Waals surface area contributed by atoms with Crippen molar-refractivity contribution < 1.29 is 19.4 Å². The molecule has 3 aromatic carbocycles. The minimum Gasteiger partial charge on any atom is -0.508 e. The molecular weight excluding hydrogens is 370 g/mol. The van der Waals surface area contributed by atoms with Crippen LogP contribution in [0.1, 0.15) is 32.4 Å². The van der Waals surface area contributed by atoms with Gasteiger partial charge in [0.25, 0.3) is 11.8 Å². The van der Waals surface area contributed by atoms with E-state index in [4.69, 9.17) is 4.74 Å². The second-order valence-corrected chi connectivity index (χ2v) is 6.50. The van der Waals surface area contributed by atoms with Crippen molar-refractivity contribution in [2.45, 2.75) is 6.17 Å². The number of benzene rings is 3. The molecule has 0 bridgehead atoms. The summed E-state index contributed by atoms with van der Waals surface area (Å²) in [6, 6.07) is 20.3. The molecular formula is C22H19N3O4. The molecule has 0 unspecified atom stereocenters. The number of carbonyl (C=O) groups is 2. The third-order valence-corrected chi connectivity index (χ3v) is 4.71. The maximum Gasteiger partial charge on any atom is 0.276 e. The molecule has 0 aliphatic carbocycles. The molecule has 0 spiro atoms. The summed E-state index contributed by atoms with van der Waals surface area (Å²) in [5, 5.41) is 14.8. The zero-order valence-corrected chi connectivity index (χ0v) is 15.6. The van der Waals surface area contributed by atoms with Crippen LogP contribution in [0.5, 0.6) is 11.5 Å². The number of methoxy groups -OCH3 is 1. The summed E-state index contributed by atoms with van der Waals surface area (Å²) in [4.78, 5) is 25.9. The number of phenolic OH excluding ortho intramolecular Hbond substituents is 1. The molecule has 4 rings (SSSR count). The van der Waals surface area contributed by atoms with E-state index in [9.17, 15) is 14.7 Å². The molecule has 1 atom stereocenters. The van der Waals surface area contributed by atoms with Crippen molar-refractivity contribution in [2.75, 3.05) is 12.4 Å². The Morgan fingerprint density at radius 1 is 1.07 bits per heavy atom. The molecule has 0 radical (unpaired) electrons. The number of anilines is 1. The van der Waals surface area contributed by atoms with Gasteiger partial charge in [-0.3, -0.25) is 15.0 Å². The fraction of sp³-hybridized carbons (Fsp3) is 0.0909. The summed E-state index contributed by atoms with van der Waals surface area (Å²) in [7, 11) is 1.51. The standard InChI is InChI=1S/C22H19N3O4/c1-29-15-11-12-19(26)17(13-15)20-23-18-10-6-5-9-16(18)22(28)25(20)24-21(27)14-7-3-2-4-8-14/h2-13,20,23,26H,1H3,(H,24,27)/t20-/m1/s1. The van der Waals surface area contributed by atoms with Crippen molar-refractivity contribution >= 4 is 17.5 Å². The summed E-state index contributed by atoms with van der Waals surface area (Å²) < 4.78 is 5.25. The number of nitrogens with zero attached hydrogens (tertiary/aromatic N) is 1. The Labute approximate surface area is 167 Å². The SMILES string of the molecule is COc1ccc(O)c([C@@H]2Nc3ccccc3C(=O)N2NC(=O)c2ccccc2)c1. The van der Waals surface area contributed by atoms with Gasteiger partial charge in [0.05, 0.1) is 12.7 Å². The van der Waals surface area contributed by atoms with Crippen LogP contribution in [-0.4, -0.2) is 29.0 Å². The highest BCUT2D eigenvalue weighted by Crippen LogP contribution is 2.37. The van der Waals surface area contributed by atoms with Gasteiger partial charge in [-0.2, -0.15) is 0 Å². The first-order valence-corrected chi connectivity index (χ1v) is 9.00. The van der Waals surface area contributed by atoms with Crippen LogP contribution in [0.25, 0.3) is 0 Å². The number of phenols is 1. The van der Waals surface area contributed by atoms with Crippen LogP contribution in [0, 0.1) is 0 Å². The third kappa shape index (κ3) is 3.45. The number of amides is 2. The normalized spacial score (nSPS) is 15.3. The Morgan fingerprint density at radius 3 is 2.55 bits per heavy atom. The van der Waals surface area contributed by atoms with Crippen molar-refractivity contribution in [1.82, 2.24) is 10.4 Å². The van der Waals surface area contributed by atoms with Crippen LogP contribution in [0.3, 0.4) is 0 Å². The number of hydrogen-bond acceptors (Lipinski definition) is 5. The minimum absolute atomic E-state index is 0.0329. The number of carbonyl (C=O) groups excluding carboxylic acids is 2. The highest BCUT2D eigenvalue weighted by atomic mass is 16.5. The number of rotatable bonds is 4. The monoisotopic (exact) mass is 389 g/mol. The van der Waals surface area contributed by atoms with Crippen LogP contribution in [-0.2, 0) is 0 Å². The van der Waals surface area contributed by atoms with Gasteiger partial charge in [0.15, 0.2) is 6.17 Å². The van der Waals surface area contributed by atoms with Gasteiger partial charge in [-0.05, 0) is 42.5 Å². The number of hydrogen-bond donors (Lipinski definition) is 3. The van der Waals surface area contributed by atoms with E-state index in [2.05, 4.69) is 10.7 Å². The molecule has 0 fully saturated rings. The third-order valence-electron chi connectivity index (χ3n) is 4.71. The highest BCUT2D eigenvalue weighted by molar-refractivity contribution is 6.04. The Hall–Kier alpha value is -4.00. The van der Waals surface area contributed by atoms with Crippen LogP contribution < -0.4 is 15.5 Å². The second kappa shape index (κ2) is 7.55. The van der Waals surface area contributed by atoms with Crippen molar-refractivity contribution in [3.8, 4) is 11.5 Å². The summed E-state index contributed by atoms with van der Waals surface area (Å²) in [5.41, 5.74) is 4.49. The quantitative estimate of drug-likeness (QED) is 0.637. The van der Waals surface area contributed by atoms with E-state index in [1.807, 2.05) is 0 Å². The van der Waals surface area contributed by atoms with Gasteiger partial charge in [0.2, 0.25) is 0 Å². The number of fused-ring (bicyclic) bond motifs is 1. The van der Waals surface area contributed by atoms with Crippen LogP contribution in [0.15, 0.2) is 72.8 Å². The number of aromatic hydroxyl groups is 1. The molecule has 3 N–H and O–H groups in total. The lowest BCUT2D eigenvalue weighted by Gasteiger charge is -2.38. The molecule has 1 heterocycles. The van der Waals surface area contributed by atoms with E-state index < -0.39 is 18.0 Å². The molecule has 0 saturated heterocycles. The lowest BCUT2D eigenvalue weighted by Crippen LogP contribution is -2.52. The number of nitrogens with one attached hydrogen (secondary N) is 2. The van der Waals surface area contributed by atoms with Gasteiger partial charge in [0, 0.05) is 16.8 Å². The summed E-state index contributed by atoms with van der Waals surface area (Å²) in [6.07, 6.45) is -0.833. The topological polar surface area (TPSA) is 90.9 Å². The number of para-hydroxylation sites is 1. The molecule has 0 saturated carbocycles. The van der Waals surface area contributed by atoms with E-state index in [0.717, 1.165) is 0 Å². The smallest absolute Gasteiger partial charge is 0.276 e. The molecule has 0 aromatic heterocycles. The molecule has 3 aromatic rings. The van der Waals surface area contributed by atoms with Crippen LogP contribution in [0.2, 0.25) is 0 Å². The first kappa shape index (κ1) is 18.4. The lowest BCUT2D eigenvalue weighted by atomic mass is 10.0. The van der Waals surface area contributed by atoms with Gasteiger partial charge < -0.3 is 15.2 Å². The molecule has 1 aliphatic rings. The largest absolute Gasteiger partial charge is 0.508 e. The molecule has 7 heteroatoms. The Balaban J connectivity index is 1.76. The Kier molecular flexibility index (Phi) is 4.78. The van der Waals surface area contributed by atoms with Gasteiger partial charge in [-0.25, -0.2) is 5.01 Å². The number of ether oxygens (including phenoxy) is 1. The molecule has 29 heavy (non-hydrogen) atoms. The van der Waals surface area contributed by atoms with Crippen molar-refractivity contribution in [2.24, 2.45) is 0 Å². The number of hydrazine groups is 1. The first-order chi connectivity index (χ1) is 14.1. The predicted octanol–water partition coefficient (Wildman–Crippen LogP) is 3.31. The van der Waals surface area contributed by atoms with E-state index in [0.29, 0.717) is 28.1 Å². The van der Waals surface area contributed by atoms with E-state index in [-0.39, 0.29) is 5.75 Å². The van der Waals surface area contributed by atoms with E-state index in [1.165, 1.54) is 18.2 Å². The van der Waals surface area contributed by atoms with E-state index in [1.54, 1.807) is 66.7 Å². The van der Waals surface area contributed by atoms with Gasteiger partial charge in [0.1, 0.15) is 11.5 Å². The lowest BCUT2D eigenvalue weighted by molar-refractivity contribution is 0.0488. The van der Waals surface area contributed by atoms with Crippen molar-refractivity contribution in [3.63, 3.8) is 0 Å². The van der Waals surface area contributed by atoms with E-state index >= 15 is 0 Å². The Morgan fingerprint density at radius 2 is 1.79 bits per heavy atom. The van der Waals surface area contributed by atoms with Crippen molar-refractivity contribution in [1.29, 1.82) is 0 Å². The van der Waals surface area contributed by atoms with Crippen LogP contribution in [0.4, 0.5) is 5.69 Å². The van der Waals surface area contributed by atoms with Crippen LogP contribution >= 0.6 is 0 Å². The van der Waals surface area contributed by atoms with Gasteiger partial charge in [-0.1, -0.05) is 30.3 Å². The zero-order chi connectivity index (χ0) is 20.4. The molecule has 7 nitrogen and oxygen atoms in total. The maximum atomic E-state index is 13.2. The summed E-state index contributed by atoms with van der Waals surface area (Å²) >= 11 is 0. The molecule has 1 aliphatic heterocycles. The summed E-state index contributed by atoms with van der Waals surface area (Å²) in [6.45, 7) is 0. The van der Waals surface area contributed by atoms with Gasteiger partial charge in [-0.15, -0.1) is 0 Å². The average molecular weight is 389 g/mol.